The number of hydrogen-bond donors (Lipinski definition) is 4. The summed E-state index contributed by atoms with van der Waals surface area (Å²) in [5.74, 6) is -0.510. The number of rotatable bonds is 3. The van der Waals surface area contributed by atoms with Gasteiger partial charge in [0.05, 0.1) is 22.7 Å². The highest BCUT2D eigenvalue weighted by atomic mass is 32.3. The minimum atomic E-state index is -4.86. The van der Waals surface area contributed by atoms with Crippen molar-refractivity contribution < 1.29 is 32.2 Å². The number of amides is 1. The van der Waals surface area contributed by atoms with Crippen molar-refractivity contribution in [1.82, 2.24) is 14.9 Å². The van der Waals surface area contributed by atoms with Crippen molar-refractivity contribution in [3.8, 4) is 0 Å². The Bertz CT molecular complexity index is 920. The van der Waals surface area contributed by atoms with Gasteiger partial charge in [0, 0.05) is 24.8 Å². The molecular weight excluding hydrogens is 449 g/mol. The van der Waals surface area contributed by atoms with Gasteiger partial charge in [0.15, 0.2) is 5.69 Å². The maximum atomic E-state index is 13.8. The van der Waals surface area contributed by atoms with E-state index >= 15 is 0 Å². The molecule has 4 bridgehead atoms. The summed E-state index contributed by atoms with van der Waals surface area (Å²) in [6.07, 6.45) is 0.526. The van der Waals surface area contributed by atoms with Crippen LogP contribution in [0.3, 0.4) is 0 Å². The van der Waals surface area contributed by atoms with Crippen LogP contribution < -0.4 is 5.32 Å². The van der Waals surface area contributed by atoms with Crippen molar-refractivity contribution in [2.24, 2.45) is 11.8 Å². The summed E-state index contributed by atoms with van der Waals surface area (Å²) < 4.78 is 60.9. The van der Waals surface area contributed by atoms with Crippen LogP contribution in [0.15, 0.2) is 6.20 Å². The van der Waals surface area contributed by atoms with E-state index in [4.69, 9.17) is 0 Å². The summed E-state index contributed by atoms with van der Waals surface area (Å²) in [4.78, 5) is 21.7. The van der Waals surface area contributed by atoms with E-state index in [1.54, 1.807) is 0 Å². The first-order chi connectivity index (χ1) is 14.9. The summed E-state index contributed by atoms with van der Waals surface area (Å²) in [7, 11) is -2.79. The van der Waals surface area contributed by atoms with Crippen LogP contribution in [0.2, 0.25) is 0 Å². The molecule has 0 radical (unpaired) electrons. The van der Waals surface area contributed by atoms with Gasteiger partial charge < -0.3 is 15.3 Å². The molecule has 1 aromatic heterocycles. The van der Waals surface area contributed by atoms with Crippen LogP contribution in [0.1, 0.15) is 54.6 Å². The lowest BCUT2D eigenvalue weighted by atomic mass is 9.51. The topological polar surface area (TPSA) is 119 Å². The molecular formula is C20H27F3N4O4S. The van der Waals surface area contributed by atoms with Gasteiger partial charge in [0.2, 0.25) is 5.95 Å². The molecule has 1 saturated heterocycles. The third-order valence-corrected chi connectivity index (χ3v) is 9.03. The zero-order valence-electron chi connectivity index (χ0n) is 17.4. The van der Waals surface area contributed by atoms with Gasteiger partial charge in [0.1, 0.15) is 0 Å². The summed E-state index contributed by atoms with van der Waals surface area (Å²) in [6, 6.07) is 0. The van der Waals surface area contributed by atoms with Crippen molar-refractivity contribution in [2.75, 3.05) is 29.9 Å². The summed E-state index contributed by atoms with van der Waals surface area (Å²) in [6.45, 7) is -0.0775. The molecule has 4 aliphatic carbocycles. The molecule has 178 valence electrons. The second-order valence-electron chi connectivity index (χ2n) is 10.0. The van der Waals surface area contributed by atoms with Gasteiger partial charge in [-0.15, -0.1) is 0 Å². The molecule has 1 amide bonds. The lowest BCUT2D eigenvalue weighted by Crippen LogP contribution is -2.62. The Morgan fingerprint density at radius 3 is 2.34 bits per heavy atom. The maximum Gasteiger partial charge on any atom is 0.434 e. The zero-order chi connectivity index (χ0) is 22.9. The van der Waals surface area contributed by atoms with E-state index in [9.17, 15) is 32.2 Å². The number of anilines is 1. The van der Waals surface area contributed by atoms with Crippen LogP contribution in [-0.2, 0) is 6.18 Å². The molecule has 2 atom stereocenters. The Morgan fingerprint density at radius 2 is 1.78 bits per heavy atom. The second-order valence-corrected chi connectivity index (χ2v) is 12.5. The lowest BCUT2D eigenvalue weighted by molar-refractivity contribution is -0.141. The van der Waals surface area contributed by atoms with Gasteiger partial charge >= 0.3 is 6.18 Å². The molecule has 4 N–H and O–H groups in total. The van der Waals surface area contributed by atoms with Crippen molar-refractivity contribution in [2.45, 2.75) is 55.8 Å². The van der Waals surface area contributed by atoms with Crippen LogP contribution in [0, 0.1) is 11.8 Å². The number of carbonyl (C=O) groups is 1. The third kappa shape index (κ3) is 4.06. The lowest BCUT2D eigenvalue weighted by Gasteiger charge is -2.60. The van der Waals surface area contributed by atoms with Crippen molar-refractivity contribution in [3.63, 3.8) is 0 Å². The number of halogens is 3. The molecule has 5 fully saturated rings. The van der Waals surface area contributed by atoms with Gasteiger partial charge in [-0.25, -0.2) is 9.97 Å². The van der Waals surface area contributed by atoms with Crippen LogP contribution >= 0.6 is 10.6 Å². The van der Waals surface area contributed by atoms with E-state index in [2.05, 4.69) is 15.3 Å². The Labute approximate surface area is 185 Å². The van der Waals surface area contributed by atoms with Crippen LogP contribution in [-0.4, -0.2) is 70.7 Å². The Balaban J connectivity index is 1.41. The number of alkyl halides is 3. The van der Waals surface area contributed by atoms with E-state index < -0.39 is 45.1 Å². The minimum absolute atomic E-state index is 0.0388. The van der Waals surface area contributed by atoms with Crippen molar-refractivity contribution >= 4 is 22.4 Å². The van der Waals surface area contributed by atoms with Gasteiger partial charge in [-0.05, 0) is 50.4 Å². The minimum Gasteiger partial charge on any atom is -0.390 e. The Morgan fingerprint density at radius 1 is 1.16 bits per heavy atom. The summed E-state index contributed by atoms with van der Waals surface area (Å²) >= 11 is 0. The predicted molar refractivity (Wildman–Crippen MR) is 112 cm³/mol. The first kappa shape index (κ1) is 22.2. The van der Waals surface area contributed by atoms with Crippen molar-refractivity contribution in [1.29, 1.82) is 0 Å². The molecule has 0 aromatic carbocycles. The molecule has 8 nitrogen and oxygen atoms in total. The van der Waals surface area contributed by atoms with Crippen LogP contribution in [0.5, 0.6) is 0 Å². The largest absolute Gasteiger partial charge is 0.434 e. The quantitative estimate of drug-likeness (QED) is 0.529. The van der Waals surface area contributed by atoms with E-state index in [0.717, 1.165) is 38.3 Å². The number of nitrogens with zero attached hydrogens (tertiary/aromatic N) is 3. The number of hydrogen-bond acceptors (Lipinski definition) is 7. The molecule has 12 heteroatoms. The number of aliphatic hydroxyl groups is 1. The van der Waals surface area contributed by atoms with Gasteiger partial charge in [-0.1, -0.05) is 0 Å². The monoisotopic (exact) mass is 476 g/mol. The highest BCUT2D eigenvalue weighted by Gasteiger charge is 2.57. The predicted octanol–water partition coefficient (Wildman–Crippen LogP) is 3.20. The molecule has 0 spiro atoms. The van der Waals surface area contributed by atoms with Crippen molar-refractivity contribution in [3.05, 3.63) is 17.5 Å². The average Bonchev–Trinajstić information content (AvgIpc) is 2.64. The fraction of sp³-hybridized carbons (Fsp3) is 0.750. The Kier molecular flexibility index (Phi) is 4.98. The smallest absolute Gasteiger partial charge is 0.390 e. The third-order valence-electron chi connectivity index (χ3n) is 7.36. The molecule has 1 aromatic rings. The fourth-order valence-electron chi connectivity index (χ4n) is 6.51. The van der Waals surface area contributed by atoms with E-state index in [1.165, 1.54) is 4.90 Å². The molecule has 5 aliphatic rings. The average molecular weight is 477 g/mol. The highest BCUT2D eigenvalue weighted by Crippen LogP contribution is 2.58. The maximum absolute atomic E-state index is 13.8. The fourth-order valence-corrected chi connectivity index (χ4v) is 7.74. The Hall–Kier alpha value is -1.63. The number of aromatic nitrogens is 2. The molecule has 2 heterocycles. The highest BCUT2D eigenvalue weighted by molar-refractivity contribution is 8.24. The first-order valence-electron chi connectivity index (χ1n) is 10.8. The van der Waals surface area contributed by atoms with Gasteiger partial charge in [0.25, 0.3) is 5.91 Å². The second kappa shape index (κ2) is 7.18. The first-order valence-corrected chi connectivity index (χ1v) is 12.7. The molecule has 6 rings (SSSR count). The van der Waals surface area contributed by atoms with E-state index in [-0.39, 0.29) is 30.5 Å². The van der Waals surface area contributed by atoms with Gasteiger partial charge in [-0.3, -0.25) is 13.9 Å². The standard InChI is InChI=1S/C20H27F3N4O4S/c21-20(22,23)15-14(16(28)27-1-3-32(30,31)4-2-27)10-24-17(25-15)26-18-6-12-5-13(7-18)9-19(29,8-12)11-18/h10,12-13,29-31H,1-9,11H2,(H,24,25,26). The van der Waals surface area contributed by atoms with Crippen LogP contribution in [0.4, 0.5) is 19.1 Å². The molecule has 2 unspecified atom stereocenters. The molecule has 4 saturated carbocycles. The summed E-state index contributed by atoms with van der Waals surface area (Å²) in [5.41, 5.74) is -3.27. The molecule has 32 heavy (non-hydrogen) atoms. The zero-order valence-corrected chi connectivity index (χ0v) is 18.3. The molecule has 1 aliphatic heterocycles. The van der Waals surface area contributed by atoms with E-state index in [1.807, 2.05) is 0 Å². The van der Waals surface area contributed by atoms with Crippen LogP contribution in [0.25, 0.3) is 0 Å². The SMILES string of the molecule is O=C(c1cnc(NC23CC4CC(CC(O)(C4)C2)C3)nc1C(F)(F)F)N1CCS(O)(O)CC1. The van der Waals surface area contributed by atoms with Gasteiger partial charge in [-0.2, -0.15) is 23.8 Å². The number of carbonyl (C=O) groups excluding carboxylic acids is 1. The number of nitrogens with one attached hydrogen (secondary N) is 1. The van der Waals surface area contributed by atoms with E-state index in [0.29, 0.717) is 18.3 Å². The normalized spacial score (nSPS) is 36.8. The summed E-state index contributed by atoms with van der Waals surface area (Å²) in [5, 5.41) is 14.0.